The van der Waals surface area contributed by atoms with Crippen LogP contribution in [0.2, 0.25) is 0 Å². The summed E-state index contributed by atoms with van der Waals surface area (Å²) in [5.74, 6) is -1.80. The third-order valence-corrected chi connectivity index (χ3v) is 3.62. The van der Waals surface area contributed by atoms with Gasteiger partial charge in [0.2, 0.25) is 0 Å². The first-order valence-corrected chi connectivity index (χ1v) is 7.61. The highest BCUT2D eigenvalue weighted by molar-refractivity contribution is 5.93. The van der Waals surface area contributed by atoms with Gasteiger partial charge in [-0.25, -0.2) is 9.48 Å². The van der Waals surface area contributed by atoms with Gasteiger partial charge in [0.15, 0.2) is 11.3 Å². The zero-order valence-electron chi connectivity index (χ0n) is 13.9. The fourth-order valence-electron chi connectivity index (χ4n) is 2.11. The third-order valence-electron chi connectivity index (χ3n) is 3.62. The van der Waals surface area contributed by atoms with Crippen LogP contribution in [0.25, 0.3) is 5.69 Å². The van der Waals surface area contributed by atoms with E-state index in [0.29, 0.717) is 0 Å². The topological polar surface area (TPSA) is 104 Å². The number of aliphatic carboxylic acids is 1. The van der Waals surface area contributed by atoms with Crippen LogP contribution in [0, 0.1) is 0 Å². The fourth-order valence-corrected chi connectivity index (χ4v) is 2.11. The monoisotopic (exact) mass is 331 g/mol. The zero-order valence-corrected chi connectivity index (χ0v) is 13.9. The van der Waals surface area contributed by atoms with Crippen LogP contribution in [0.1, 0.15) is 42.9 Å². The lowest BCUT2D eigenvalue weighted by Gasteiger charge is -2.17. The Bertz CT molecular complexity index is 736. The van der Waals surface area contributed by atoms with E-state index in [9.17, 15) is 14.7 Å². The molecule has 1 heterocycles. The van der Waals surface area contributed by atoms with E-state index in [4.69, 9.17) is 5.11 Å². The summed E-state index contributed by atoms with van der Waals surface area (Å²) in [6.45, 7) is 4.70. The molecule has 0 bridgehead atoms. The van der Waals surface area contributed by atoms with E-state index in [2.05, 4.69) is 10.4 Å². The van der Waals surface area contributed by atoms with Gasteiger partial charge >= 0.3 is 5.97 Å². The highest BCUT2D eigenvalue weighted by Gasteiger charge is 2.30. The standard InChI is InChI=1S/C17H21N3O4/c1-11(2)14-9-13(15(21)18-10-17(3,24)16(22)23)19-20(14)12-7-5-4-6-8-12/h4-9,11,24H,10H2,1-3H3,(H,18,21)(H,22,23). The number of para-hydroxylation sites is 1. The first-order chi connectivity index (χ1) is 11.2. The number of benzene rings is 1. The predicted octanol–water partition coefficient (Wildman–Crippen LogP) is 1.56. The number of hydrogen-bond acceptors (Lipinski definition) is 4. The molecule has 2 rings (SSSR count). The molecule has 0 spiro atoms. The first-order valence-electron chi connectivity index (χ1n) is 7.61. The average molecular weight is 331 g/mol. The molecular formula is C17H21N3O4. The van der Waals surface area contributed by atoms with Crippen molar-refractivity contribution in [1.82, 2.24) is 15.1 Å². The Hall–Kier alpha value is -2.67. The van der Waals surface area contributed by atoms with Crippen molar-refractivity contribution in [2.75, 3.05) is 6.54 Å². The number of carboxylic acid groups (broad SMARTS) is 1. The van der Waals surface area contributed by atoms with Gasteiger partial charge in [-0.1, -0.05) is 32.0 Å². The largest absolute Gasteiger partial charge is 0.479 e. The van der Waals surface area contributed by atoms with Gasteiger partial charge in [-0.3, -0.25) is 4.79 Å². The number of aromatic nitrogens is 2. The number of carbonyl (C=O) groups is 2. The number of carbonyl (C=O) groups excluding carboxylic acids is 1. The molecule has 7 heteroatoms. The summed E-state index contributed by atoms with van der Waals surface area (Å²) in [6, 6.07) is 11.1. The molecule has 128 valence electrons. The van der Waals surface area contributed by atoms with Gasteiger partial charge in [0.05, 0.1) is 12.2 Å². The molecule has 1 aromatic heterocycles. The van der Waals surface area contributed by atoms with Gasteiger partial charge in [0, 0.05) is 5.69 Å². The molecule has 0 aliphatic carbocycles. The summed E-state index contributed by atoms with van der Waals surface area (Å²) in [5, 5.41) is 25.3. The van der Waals surface area contributed by atoms with Gasteiger partial charge in [0.1, 0.15) is 0 Å². The number of amides is 1. The Kier molecular flexibility index (Phi) is 5.04. The van der Waals surface area contributed by atoms with E-state index >= 15 is 0 Å². The van der Waals surface area contributed by atoms with E-state index in [1.54, 1.807) is 10.7 Å². The van der Waals surface area contributed by atoms with Gasteiger partial charge in [-0.05, 0) is 31.0 Å². The maximum absolute atomic E-state index is 12.2. The van der Waals surface area contributed by atoms with Crippen molar-refractivity contribution in [3.8, 4) is 5.69 Å². The van der Waals surface area contributed by atoms with Crippen molar-refractivity contribution in [2.45, 2.75) is 32.3 Å². The van der Waals surface area contributed by atoms with Crippen molar-refractivity contribution in [1.29, 1.82) is 0 Å². The Balaban J connectivity index is 2.26. The molecule has 3 N–H and O–H groups in total. The SMILES string of the molecule is CC(C)c1cc(C(=O)NCC(C)(O)C(=O)O)nn1-c1ccccc1. The molecule has 24 heavy (non-hydrogen) atoms. The minimum atomic E-state index is -2.03. The van der Waals surface area contributed by atoms with Crippen molar-refractivity contribution in [3.63, 3.8) is 0 Å². The second-order valence-corrected chi connectivity index (χ2v) is 6.12. The van der Waals surface area contributed by atoms with Crippen LogP contribution in [-0.2, 0) is 4.79 Å². The second kappa shape index (κ2) is 6.84. The molecule has 0 saturated carbocycles. The maximum atomic E-state index is 12.2. The van der Waals surface area contributed by atoms with E-state index in [1.165, 1.54) is 0 Å². The van der Waals surface area contributed by atoms with Crippen LogP contribution < -0.4 is 5.32 Å². The molecule has 0 aliphatic rings. The molecule has 0 saturated heterocycles. The Labute approximate surface area is 139 Å². The highest BCUT2D eigenvalue weighted by Crippen LogP contribution is 2.20. The summed E-state index contributed by atoms with van der Waals surface area (Å²) in [4.78, 5) is 23.1. The van der Waals surface area contributed by atoms with Crippen molar-refractivity contribution >= 4 is 11.9 Å². The summed E-state index contributed by atoms with van der Waals surface area (Å²) >= 11 is 0. The normalized spacial score (nSPS) is 13.5. The number of aliphatic hydroxyl groups is 1. The third kappa shape index (κ3) is 3.80. The Morgan fingerprint density at radius 1 is 1.29 bits per heavy atom. The predicted molar refractivity (Wildman–Crippen MR) is 88.2 cm³/mol. The molecule has 2 aromatic rings. The van der Waals surface area contributed by atoms with Crippen LogP contribution in [0.4, 0.5) is 0 Å². The second-order valence-electron chi connectivity index (χ2n) is 6.12. The molecule has 1 aromatic carbocycles. The molecule has 1 unspecified atom stereocenters. The molecule has 0 fully saturated rings. The van der Waals surface area contributed by atoms with Crippen LogP contribution in [0.5, 0.6) is 0 Å². The van der Waals surface area contributed by atoms with E-state index < -0.39 is 24.0 Å². The Morgan fingerprint density at radius 2 is 1.92 bits per heavy atom. The lowest BCUT2D eigenvalue weighted by atomic mass is 10.1. The Morgan fingerprint density at radius 3 is 2.46 bits per heavy atom. The van der Waals surface area contributed by atoms with Crippen molar-refractivity contribution < 1.29 is 19.8 Å². The number of nitrogens with zero attached hydrogens (tertiary/aromatic N) is 2. The summed E-state index contributed by atoms with van der Waals surface area (Å²) < 4.78 is 1.69. The minimum Gasteiger partial charge on any atom is -0.479 e. The van der Waals surface area contributed by atoms with E-state index in [0.717, 1.165) is 18.3 Å². The van der Waals surface area contributed by atoms with Crippen LogP contribution in [0.3, 0.4) is 0 Å². The number of nitrogens with one attached hydrogen (secondary N) is 1. The summed E-state index contributed by atoms with van der Waals surface area (Å²) in [7, 11) is 0. The van der Waals surface area contributed by atoms with E-state index in [-0.39, 0.29) is 11.6 Å². The molecule has 1 amide bonds. The molecule has 7 nitrogen and oxygen atoms in total. The minimum absolute atomic E-state index is 0.140. The molecule has 0 aliphatic heterocycles. The number of carboxylic acids is 1. The average Bonchev–Trinajstić information content (AvgIpc) is 2.99. The molecule has 1 atom stereocenters. The lowest BCUT2D eigenvalue weighted by molar-refractivity contribution is -0.155. The van der Waals surface area contributed by atoms with Crippen molar-refractivity contribution in [2.24, 2.45) is 0 Å². The first kappa shape index (κ1) is 17.7. The van der Waals surface area contributed by atoms with Crippen LogP contribution in [-0.4, -0.2) is 44.0 Å². The number of hydrogen-bond donors (Lipinski definition) is 3. The molecule has 0 radical (unpaired) electrons. The fraction of sp³-hybridized carbons (Fsp3) is 0.353. The van der Waals surface area contributed by atoms with Gasteiger partial charge in [-0.2, -0.15) is 5.10 Å². The maximum Gasteiger partial charge on any atom is 0.337 e. The van der Waals surface area contributed by atoms with Gasteiger partial charge < -0.3 is 15.5 Å². The van der Waals surface area contributed by atoms with E-state index in [1.807, 2.05) is 44.2 Å². The lowest BCUT2D eigenvalue weighted by Crippen LogP contribution is -2.46. The van der Waals surface area contributed by atoms with Crippen LogP contribution >= 0.6 is 0 Å². The summed E-state index contributed by atoms with van der Waals surface area (Å²) in [6.07, 6.45) is 0. The zero-order chi connectivity index (χ0) is 17.9. The van der Waals surface area contributed by atoms with Gasteiger partial charge in [-0.15, -0.1) is 0 Å². The molecular weight excluding hydrogens is 310 g/mol. The van der Waals surface area contributed by atoms with Crippen molar-refractivity contribution in [3.05, 3.63) is 47.8 Å². The van der Waals surface area contributed by atoms with Gasteiger partial charge in [0.25, 0.3) is 5.91 Å². The summed E-state index contributed by atoms with van der Waals surface area (Å²) in [5.41, 5.74) is -0.170. The van der Waals surface area contributed by atoms with Crippen LogP contribution in [0.15, 0.2) is 36.4 Å². The number of rotatable bonds is 6. The quantitative estimate of drug-likeness (QED) is 0.745. The highest BCUT2D eigenvalue weighted by atomic mass is 16.4. The smallest absolute Gasteiger partial charge is 0.337 e.